The number of hydrazine groups is 1. The van der Waals surface area contributed by atoms with Gasteiger partial charge in [0, 0.05) is 5.56 Å². The van der Waals surface area contributed by atoms with Crippen LogP contribution in [0.3, 0.4) is 0 Å². The molecule has 0 aliphatic heterocycles. The van der Waals surface area contributed by atoms with Gasteiger partial charge in [-0.25, -0.2) is 10.2 Å². The third-order valence-electron chi connectivity index (χ3n) is 1.44. The van der Waals surface area contributed by atoms with Crippen LogP contribution in [0.1, 0.15) is 15.9 Å². The Balaban J connectivity index is 3.08. The fourth-order valence-electron chi connectivity index (χ4n) is 0.951. The molecule has 1 aromatic rings. The van der Waals surface area contributed by atoms with Crippen LogP contribution in [-0.2, 0) is 0 Å². The number of nitrogen functional groups attached to an aromatic ring is 1. The number of rotatable bonds is 1. The number of hydrogen-bond donors (Lipinski definition) is 2. The summed E-state index contributed by atoms with van der Waals surface area (Å²) in [5.41, 5.74) is 2.85. The van der Waals surface area contributed by atoms with Crippen LogP contribution in [0, 0.1) is 12.7 Å². The molecule has 0 heterocycles. The Labute approximate surface area is 69.3 Å². The zero-order valence-corrected chi connectivity index (χ0v) is 6.60. The molecule has 0 saturated carbocycles. The maximum atomic E-state index is 12.7. The summed E-state index contributed by atoms with van der Waals surface area (Å²) in [4.78, 5) is 10.9. The van der Waals surface area contributed by atoms with Gasteiger partial charge in [0.25, 0.3) is 5.91 Å². The minimum atomic E-state index is -0.488. The van der Waals surface area contributed by atoms with E-state index >= 15 is 0 Å². The standard InChI is InChI=1S/C8H9FN2O/c1-5-2-6(8(12)11-10)4-7(9)3-5/h2-4H,10H2,1H3,(H,11,12). The van der Waals surface area contributed by atoms with Crippen LogP contribution in [0.15, 0.2) is 18.2 Å². The van der Waals surface area contributed by atoms with Crippen LogP contribution in [-0.4, -0.2) is 5.91 Å². The third kappa shape index (κ3) is 1.79. The van der Waals surface area contributed by atoms with E-state index in [0.29, 0.717) is 5.56 Å². The molecule has 3 nitrogen and oxygen atoms in total. The quantitative estimate of drug-likeness (QED) is 0.369. The van der Waals surface area contributed by atoms with Gasteiger partial charge in [-0.3, -0.25) is 10.2 Å². The number of amides is 1. The molecule has 0 fully saturated rings. The highest BCUT2D eigenvalue weighted by Crippen LogP contribution is 2.07. The van der Waals surface area contributed by atoms with Gasteiger partial charge in [0.05, 0.1) is 0 Å². The van der Waals surface area contributed by atoms with Crippen molar-refractivity contribution in [2.75, 3.05) is 0 Å². The first-order valence-corrected chi connectivity index (χ1v) is 3.41. The molecular formula is C8H9FN2O. The molecule has 0 spiro atoms. The molecule has 0 aromatic heterocycles. The normalized spacial score (nSPS) is 9.58. The minimum Gasteiger partial charge on any atom is -0.290 e. The van der Waals surface area contributed by atoms with Gasteiger partial charge in [-0.15, -0.1) is 0 Å². The summed E-state index contributed by atoms with van der Waals surface area (Å²) in [6, 6.07) is 4.04. The molecule has 1 amide bonds. The van der Waals surface area contributed by atoms with Crippen molar-refractivity contribution >= 4 is 5.91 Å². The van der Waals surface area contributed by atoms with Crippen molar-refractivity contribution in [1.29, 1.82) is 0 Å². The number of carbonyl (C=O) groups is 1. The summed E-state index contributed by atoms with van der Waals surface area (Å²) in [7, 11) is 0. The molecule has 3 N–H and O–H groups in total. The largest absolute Gasteiger partial charge is 0.290 e. The Hall–Kier alpha value is -1.42. The first-order chi connectivity index (χ1) is 5.63. The zero-order chi connectivity index (χ0) is 9.14. The highest BCUT2D eigenvalue weighted by atomic mass is 19.1. The summed E-state index contributed by atoms with van der Waals surface area (Å²) < 4.78 is 12.7. The lowest BCUT2D eigenvalue weighted by Crippen LogP contribution is -2.30. The van der Waals surface area contributed by atoms with Crippen molar-refractivity contribution in [3.8, 4) is 0 Å². The highest BCUT2D eigenvalue weighted by molar-refractivity contribution is 5.93. The predicted molar refractivity (Wildman–Crippen MR) is 42.8 cm³/mol. The fourth-order valence-corrected chi connectivity index (χ4v) is 0.951. The first kappa shape index (κ1) is 8.67. The first-order valence-electron chi connectivity index (χ1n) is 3.41. The van der Waals surface area contributed by atoms with Gasteiger partial charge in [0.1, 0.15) is 5.82 Å². The molecule has 0 saturated heterocycles. The van der Waals surface area contributed by atoms with Gasteiger partial charge in [-0.05, 0) is 30.7 Å². The molecule has 0 aliphatic carbocycles. The molecule has 0 atom stereocenters. The van der Waals surface area contributed by atoms with Crippen LogP contribution in [0.25, 0.3) is 0 Å². The topological polar surface area (TPSA) is 55.1 Å². The van der Waals surface area contributed by atoms with E-state index in [2.05, 4.69) is 0 Å². The smallest absolute Gasteiger partial charge is 0.265 e. The third-order valence-corrected chi connectivity index (χ3v) is 1.44. The average molecular weight is 168 g/mol. The van der Waals surface area contributed by atoms with Gasteiger partial charge < -0.3 is 0 Å². The number of nitrogens with one attached hydrogen (secondary N) is 1. The van der Waals surface area contributed by atoms with Gasteiger partial charge >= 0.3 is 0 Å². The van der Waals surface area contributed by atoms with Crippen molar-refractivity contribution < 1.29 is 9.18 Å². The van der Waals surface area contributed by atoms with E-state index < -0.39 is 11.7 Å². The van der Waals surface area contributed by atoms with Crippen LogP contribution in [0.2, 0.25) is 0 Å². The van der Waals surface area contributed by atoms with Gasteiger partial charge in [-0.1, -0.05) is 0 Å². The molecule has 1 aromatic carbocycles. The Morgan fingerprint density at radius 3 is 2.67 bits per heavy atom. The van der Waals surface area contributed by atoms with Gasteiger partial charge in [-0.2, -0.15) is 0 Å². The van der Waals surface area contributed by atoms with Gasteiger partial charge in [0.2, 0.25) is 0 Å². The van der Waals surface area contributed by atoms with E-state index in [9.17, 15) is 9.18 Å². The van der Waals surface area contributed by atoms with E-state index in [1.165, 1.54) is 6.07 Å². The summed E-state index contributed by atoms with van der Waals surface area (Å²) in [6.45, 7) is 1.70. The fraction of sp³-hybridized carbons (Fsp3) is 0.125. The lowest BCUT2D eigenvalue weighted by Gasteiger charge is -2.00. The predicted octanol–water partition coefficient (Wildman–Crippen LogP) is 0.738. The maximum absolute atomic E-state index is 12.7. The Bertz CT molecular complexity index is 292. The number of nitrogens with two attached hydrogens (primary N) is 1. The molecule has 4 heteroatoms. The van der Waals surface area contributed by atoms with Crippen molar-refractivity contribution in [1.82, 2.24) is 5.43 Å². The van der Waals surface area contributed by atoms with Crippen LogP contribution in [0.5, 0.6) is 0 Å². The molecule has 0 aliphatic rings. The molecule has 1 rings (SSSR count). The second-order valence-electron chi connectivity index (χ2n) is 2.49. The van der Waals surface area contributed by atoms with Gasteiger partial charge in [0.15, 0.2) is 0 Å². The van der Waals surface area contributed by atoms with E-state index in [4.69, 9.17) is 5.84 Å². The van der Waals surface area contributed by atoms with Crippen LogP contribution >= 0.6 is 0 Å². The second kappa shape index (κ2) is 3.32. The summed E-state index contributed by atoms with van der Waals surface area (Å²) in [5.74, 6) is 3.96. The van der Waals surface area contributed by atoms with E-state index in [1.54, 1.807) is 13.0 Å². The van der Waals surface area contributed by atoms with E-state index in [1.807, 2.05) is 5.43 Å². The number of benzene rings is 1. The monoisotopic (exact) mass is 168 g/mol. The van der Waals surface area contributed by atoms with Crippen molar-refractivity contribution in [2.45, 2.75) is 6.92 Å². The molecule has 12 heavy (non-hydrogen) atoms. The number of halogens is 1. The number of carbonyl (C=O) groups excluding carboxylic acids is 1. The summed E-state index contributed by atoms with van der Waals surface area (Å²) in [6.07, 6.45) is 0. The molecule has 0 bridgehead atoms. The molecular weight excluding hydrogens is 159 g/mol. The highest BCUT2D eigenvalue weighted by Gasteiger charge is 2.04. The lowest BCUT2D eigenvalue weighted by molar-refractivity contribution is 0.0953. The summed E-state index contributed by atoms with van der Waals surface area (Å²) in [5, 5.41) is 0. The Morgan fingerprint density at radius 2 is 2.17 bits per heavy atom. The van der Waals surface area contributed by atoms with Crippen LogP contribution in [0.4, 0.5) is 4.39 Å². The number of aryl methyl sites for hydroxylation is 1. The Kier molecular flexibility index (Phi) is 2.40. The maximum Gasteiger partial charge on any atom is 0.265 e. The van der Waals surface area contributed by atoms with E-state index in [0.717, 1.165) is 6.07 Å². The lowest BCUT2D eigenvalue weighted by atomic mass is 10.1. The zero-order valence-electron chi connectivity index (χ0n) is 6.60. The Morgan fingerprint density at radius 1 is 1.50 bits per heavy atom. The van der Waals surface area contributed by atoms with Crippen LogP contribution < -0.4 is 11.3 Å². The van der Waals surface area contributed by atoms with Crippen molar-refractivity contribution in [3.05, 3.63) is 35.1 Å². The van der Waals surface area contributed by atoms with Crippen molar-refractivity contribution in [3.63, 3.8) is 0 Å². The number of hydrogen-bond acceptors (Lipinski definition) is 2. The summed E-state index contributed by atoms with van der Waals surface area (Å²) >= 11 is 0. The average Bonchev–Trinajstić information content (AvgIpc) is 2.01. The minimum absolute atomic E-state index is 0.231. The van der Waals surface area contributed by atoms with Crippen molar-refractivity contribution in [2.24, 2.45) is 5.84 Å². The molecule has 0 unspecified atom stereocenters. The molecule has 64 valence electrons. The molecule has 0 radical (unpaired) electrons. The SMILES string of the molecule is Cc1cc(F)cc(C(=O)NN)c1. The van der Waals surface area contributed by atoms with E-state index in [-0.39, 0.29) is 5.56 Å². The second-order valence-corrected chi connectivity index (χ2v) is 2.49.